The number of unbranched alkanes of at least 4 members (excludes halogenated alkanes) is 1. The lowest BCUT2D eigenvalue weighted by molar-refractivity contribution is -0.122. The zero-order valence-electron chi connectivity index (χ0n) is 26.8. The van der Waals surface area contributed by atoms with Crippen molar-refractivity contribution in [3.05, 3.63) is 41.5 Å². The number of carbonyl (C=O) groups excluding carboxylic acids is 2. The Bertz CT molecular complexity index is 773. The minimum Gasteiger partial charge on any atom is -0.508 e. The smallest absolute Gasteiger partial charge is 0.136 e. The molecule has 0 aliphatic heterocycles. The van der Waals surface area contributed by atoms with Crippen LogP contribution in [-0.2, 0) is 16.0 Å². The number of Topliss-reactive ketones (excluding diaryl/α,β-unsaturated/α-hetero) is 2. The van der Waals surface area contributed by atoms with Crippen LogP contribution in [-0.4, -0.2) is 16.7 Å². The molecule has 0 bridgehead atoms. The van der Waals surface area contributed by atoms with Gasteiger partial charge in [-0.3, -0.25) is 4.79 Å². The number of phenolic OH excluding ortho intramolecular Hbond substituents is 1. The molecule has 0 radical (unpaired) electrons. The van der Waals surface area contributed by atoms with Crippen LogP contribution in [0.1, 0.15) is 132 Å². The SMILES string of the molecule is C#CC.C#CCC.C=C(C)CC(C)C(=O)CCCc1ccc(C)cc1O.CCC.CCC(C)=O.CCCC. The molecular formula is C35H60O3. The Morgan fingerprint density at radius 1 is 1.03 bits per heavy atom. The predicted octanol–water partition coefficient (Wildman–Crippen LogP) is 10.1. The summed E-state index contributed by atoms with van der Waals surface area (Å²) >= 11 is 0. The van der Waals surface area contributed by atoms with Gasteiger partial charge in [-0.1, -0.05) is 85.4 Å². The molecule has 0 spiro atoms. The highest BCUT2D eigenvalue weighted by Gasteiger charge is 2.12. The third-order valence-electron chi connectivity index (χ3n) is 4.52. The lowest BCUT2D eigenvalue weighted by Gasteiger charge is -2.10. The van der Waals surface area contributed by atoms with Crippen molar-refractivity contribution in [1.29, 1.82) is 0 Å². The van der Waals surface area contributed by atoms with Crippen molar-refractivity contribution < 1.29 is 14.7 Å². The molecule has 3 nitrogen and oxygen atoms in total. The monoisotopic (exact) mass is 528 g/mol. The fraction of sp³-hybridized carbons (Fsp3) is 0.600. The van der Waals surface area contributed by atoms with Crippen LogP contribution in [0.3, 0.4) is 0 Å². The molecule has 0 aliphatic carbocycles. The molecular weight excluding hydrogens is 468 g/mol. The van der Waals surface area contributed by atoms with E-state index in [0.717, 1.165) is 42.4 Å². The van der Waals surface area contributed by atoms with Crippen molar-refractivity contribution in [2.45, 2.75) is 134 Å². The number of aryl methyl sites for hydroxylation is 2. The Balaban J connectivity index is -0.000000155. The molecule has 0 fully saturated rings. The first-order chi connectivity index (χ1) is 17.8. The van der Waals surface area contributed by atoms with E-state index in [0.29, 0.717) is 18.6 Å². The molecule has 218 valence electrons. The molecule has 1 aromatic rings. The molecule has 1 aromatic carbocycles. The summed E-state index contributed by atoms with van der Waals surface area (Å²) in [6.07, 6.45) is 17.7. The molecule has 0 amide bonds. The first-order valence-corrected chi connectivity index (χ1v) is 14.1. The van der Waals surface area contributed by atoms with Crippen molar-refractivity contribution in [2.24, 2.45) is 5.92 Å². The average Bonchev–Trinajstić information content (AvgIpc) is 2.86. The van der Waals surface area contributed by atoms with Gasteiger partial charge in [-0.05, 0) is 64.2 Å². The lowest BCUT2D eigenvalue weighted by Crippen LogP contribution is -2.11. The van der Waals surface area contributed by atoms with Crippen LogP contribution < -0.4 is 0 Å². The standard InChI is InChI=1S/C17H24O2.C4H8O.C4H10.C4H6.C3H8.C3H4/c1-12(2)10-14(4)16(18)7-5-6-15-9-8-13(3)11-17(15)19;1-3-4(2)5;2*1-3-4-2;2*1-3-2/h8-9,11,14,19H,1,5-7,10H2,2-4H3;3H2,1-2H3;3-4H2,1-2H3;1H,4H2,2H3;3H2,1-2H3;1H,2H3. The second-order valence-electron chi connectivity index (χ2n) is 9.12. The van der Waals surface area contributed by atoms with Gasteiger partial charge in [-0.15, -0.1) is 31.3 Å². The molecule has 3 heteroatoms. The largest absolute Gasteiger partial charge is 0.508 e. The van der Waals surface area contributed by atoms with E-state index in [4.69, 9.17) is 6.42 Å². The zero-order chi connectivity index (χ0) is 30.9. The highest BCUT2D eigenvalue weighted by molar-refractivity contribution is 5.80. The summed E-state index contributed by atoms with van der Waals surface area (Å²) in [5.41, 5.74) is 3.02. The maximum atomic E-state index is 11.9. The number of benzene rings is 1. The van der Waals surface area contributed by atoms with E-state index in [1.807, 2.05) is 46.8 Å². The number of carbonyl (C=O) groups is 2. The highest BCUT2D eigenvalue weighted by Crippen LogP contribution is 2.21. The number of hydrogen-bond donors (Lipinski definition) is 1. The normalized spacial score (nSPS) is 9.08. The molecule has 1 atom stereocenters. The van der Waals surface area contributed by atoms with E-state index in [-0.39, 0.29) is 17.5 Å². The van der Waals surface area contributed by atoms with Crippen LogP contribution in [0.4, 0.5) is 0 Å². The number of allylic oxidation sites excluding steroid dienone is 1. The van der Waals surface area contributed by atoms with E-state index >= 15 is 0 Å². The van der Waals surface area contributed by atoms with Crippen molar-refractivity contribution in [3.8, 4) is 30.4 Å². The topological polar surface area (TPSA) is 54.4 Å². The Kier molecular flexibility index (Phi) is 43.2. The van der Waals surface area contributed by atoms with Gasteiger partial charge in [0.05, 0.1) is 0 Å². The molecule has 0 saturated carbocycles. The van der Waals surface area contributed by atoms with Gasteiger partial charge in [0.2, 0.25) is 0 Å². The number of phenols is 1. The van der Waals surface area contributed by atoms with Gasteiger partial charge >= 0.3 is 0 Å². The van der Waals surface area contributed by atoms with Crippen molar-refractivity contribution in [2.75, 3.05) is 0 Å². The lowest BCUT2D eigenvalue weighted by atomic mass is 9.94. The maximum Gasteiger partial charge on any atom is 0.136 e. The Labute approximate surface area is 237 Å². The van der Waals surface area contributed by atoms with Gasteiger partial charge in [0, 0.05) is 25.2 Å². The van der Waals surface area contributed by atoms with Crippen molar-refractivity contribution in [1.82, 2.24) is 0 Å². The van der Waals surface area contributed by atoms with Gasteiger partial charge in [-0.25, -0.2) is 0 Å². The van der Waals surface area contributed by atoms with Gasteiger partial charge in [0.1, 0.15) is 17.3 Å². The van der Waals surface area contributed by atoms with E-state index in [1.54, 1.807) is 19.9 Å². The molecule has 0 aliphatic rings. The minimum absolute atomic E-state index is 0.0594. The Morgan fingerprint density at radius 2 is 1.45 bits per heavy atom. The van der Waals surface area contributed by atoms with Crippen molar-refractivity contribution >= 4 is 11.6 Å². The van der Waals surface area contributed by atoms with Gasteiger partial charge in [-0.2, -0.15) is 0 Å². The predicted molar refractivity (Wildman–Crippen MR) is 171 cm³/mol. The molecule has 0 aromatic heterocycles. The first kappa shape index (κ1) is 45.2. The van der Waals surface area contributed by atoms with Crippen LogP contribution in [0.5, 0.6) is 5.75 Å². The van der Waals surface area contributed by atoms with Crippen LogP contribution in [0.2, 0.25) is 0 Å². The first-order valence-electron chi connectivity index (χ1n) is 14.1. The molecule has 1 rings (SSSR count). The van der Waals surface area contributed by atoms with E-state index in [1.165, 1.54) is 19.3 Å². The summed E-state index contributed by atoms with van der Waals surface area (Å²) in [6, 6.07) is 5.69. The Morgan fingerprint density at radius 3 is 1.74 bits per heavy atom. The van der Waals surface area contributed by atoms with Crippen LogP contribution >= 0.6 is 0 Å². The quantitative estimate of drug-likeness (QED) is 0.256. The van der Waals surface area contributed by atoms with E-state index < -0.39 is 0 Å². The summed E-state index contributed by atoms with van der Waals surface area (Å²) < 4.78 is 0. The van der Waals surface area contributed by atoms with Crippen LogP contribution in [0, 0.1) is 37.5 Å². The summed E-state index contributed by atoms with van der Waals surface area (Å²) in [5, 5.41) is 9.79. The fourth-order valence-electron chi connectivity index (χ4n) is 2.22. The number of hydrogen-bond acceptors (Lipinski definition) is 3. The highest BCUT2D eigenvalue weighted by atomic mass is 16.3. The zero-order valence-corrected chi connectivity index (χ0v) is 26.8. The molecule has 0 saturated heterocycles. The van der Waals surface area contributed by atoms with E-state index in [2.05, 4.69) is 52.5 Å². The third kappa shape index (κ3) is 43.3. The van der Waals surface area contributed by atoms with Gasteiger partial charge in [0.25, 0.3) is 0 Å². The number of terminal acetylenes is 2. The fourth-order valence-corrected chi connectivity index (χ4v) is 2.22. The molecule has 1 N–H and O–H groups in total. The Hall–Kier alpha value is -2.78. The average molecular weight is 529 g/mol. The third-order valence-corrected chi connectivity index (χ3v) is 4.52. The van der Waals surface area contributed by atoms with Gasteiger partial charge in [0.15, 0.2) is 0 Å². The molecule has 1 unspecified atom stereocenters. The second kappa shape index (κ2) is 36.4. The minimum atomic E-state index is 0.0594. The van der Waals surface area contributed by atoms with E-state index in [9.17, 15) is 14.7 Å². The van der Waals surface area contributed by atoms with Crippen molar-refractivity contribution in [3.63, 3.8) is 0 Å². The van der Waals surface area contributed by atoms with Crippen LogP contribution in [0.25, 0.3) is 0 Å². The summed E-state index contributed by atoms with van der Waals surface area (Å²) in [7, 11) is 0. The molecule has 0 heterocycles. The maximum absolute atomic E-state index is 11.9. The number of rotatable bonds is 9. The summed E-state index contributed by atoms with van der Waals surface area (Å²) in [5.74, 6) is 5.62. The van der Waals surface area contributed by atoms with Gasteiger partial charge < -0.3 is 9.90 Å². The second-order valence-corrected chi connectivity index (χ2v) is 9.12. The molecule has 38 heavy (non-hydrogen) atoms. The summed E-state index contributed by atoms with van der Waals surface area (Å²) in [4.78, 5) is 21.7. The summed E-state index contributed by atoms with van der Waals surface area (Å²) in [6.45, 7) is 25.3. The van der Waals surface area contributed by atoms with Crippen LogP contribution in [0.15, 0.2) is 30.4 Å². The number of ketones is 2. The number of aromatic hydroxyl groups is 1.